The van der Waals surface area contributed by atoms with Gasteiger partial charge in [0.2, 0.25) is 5.91 Å². The standard InChI is InChI=1S/C23H25FN6O5S/c1-36(34,35)20-19(12-6-13-3-4-14(7-12)29(13)18(32)10-31)28-23-16(9-27-30(23)21(20)25)11-2-5-15(22(26)33)17(24)8-11/h2,5,8-9,12-14,31H,3-4,6-7,10,25H2,1H3,(H2,26,33). The quantitative estimate of drug-likeness (QED) is 0.447. The summed E-state index contributed by atoms with van der Waals surface area (Å²) >= 11 is 0. The van der Waals surface area contributed by atoms with E-state index < -0.39 is 28.2 Å². The van der Waals surface area contributed by atoms with Crippen LogP contribution in [-0.4, -0.2) is 69.8 Å². The number of hydrogen-bond donors (Lipinski definition) is 3. The van der Waals surface area contributed by atoms with Crippen LogP contribution in [-0.2, 0) is 14.6 Å². The van der Waals surface area contributed by atoms with E-state index >= 15 is 0 Å². The first-order chi connectivity index (χ1) is 17.0. The second-order valence-corrected chi connectivity index (χ2v) is 11.3. The van der Waals surface area contributed by atoms with E-state index in [9.17, 15) is 27.5 Å². The lowest BCUT2D eigenvalue weighted by molar-refractivity contribution is -0.138. The molecule has 0 aliphatic carbocycles. The lowest BCUT2D eigenvalue weighted by Crippen LogP contribution is -2.47. The molecule has 2 aliphatic rings. The number of anilines is 1. The van der Waals surface area contributed by atoms with Crippen molar-refractivity contribution in [3.8, 4) is 11.1 Å². The van der Waals surface area contributed by atoms with Gasteiger partial charge in [-0.3, -0.25) is 9.59 Å². The van der Waals surface area contributed by atoms with Crippen LogP contribution >= 0.6 is 0 Å². The predicted octanol–water partition coefficient (Wildman–Crippen LogP) is 0.849. The van der Waals surface area contributed by atoms with Gasteiger partial charge in [0.25, 0.3) is 5.91 Å². The highest BCUT2D eigenvalue weighted by Crippen LogP contribution is 2.45. The van der Waals surface area contributed by atoms with Gasteiger partial charge < -0.3 is 21.5 Å². The Balaban J connectivity index is 1.65. The number of piperidine rings is 1. The molecule has 0 radical (unpaired) electrons. The Morgan fingerprint density at radius 1 is 1.22 bits per heavy atom. The third-order valence-electron chi connectivity index (χ3n) is 7.12. The molecule has 11 nitrogen and oxygen atoms in total. The maximum absolute atomic E-state index is 14.5. The number of nitrogens with two attached hydrogens (primary N) is 2. The van der Waals surface area contributed by atoms with E-state index in [0.29, 0.717) is 24.0 Å². The van der Waals surface area contributed by atoms with Crippen LogP contribution in [0, 0.1) is 5.82 Å². The van der Waals surface area contributed by atoms with E-state index in [4.69, 9.17) is 16.5 Å². The summed E-state index contributed by atoms with van der Waals surface area (Å²) in [5.41, 5.74) is 12.5. The number of nitrogen functional groups attached to an aromatic ring is 1. The highest BCUT2D eigenvalue weighted by atomic mass is 32.2. The van der Waals surface area contributed by atoms with Gasteiger partial charge in [-0.25, -0.2) is 17.8 Å². The summed E-state index contributed by atoms with van der Waals surface area (Å²) in [6.45, 7) is -0.576. The van der Waals surface area contributed by atoms with E-state index in [1.54, 1.807) is 4.90 Å². The zero-order valence-corrected chi connectivity index (χ0v) is 20.2. The largest absolute Gasteiger partial charge is 0.387 e. The number of halogens is 1. The van der Waals surface area contributed by atoms with Gasteiger partial charge in [-0.15, -0.1) is 0 Å². The normalized spacial score (nSPS) is 21.8. The molecule has 2 amide bonds. The molecule has 2 aliphatic heterocycles. The number of fused-ring (bicyclic) bond motifs is 3. The molecule has 1 aromatic carbocycles. The second kappa shape index (κ2) is 8.52. The van der Waals surface area contributed by atoms with Crippen LogP contribution in [0.3, 0.4) is 0 Å². The van der Waals surface area contributed by atoms with Crippen LogP contribution in [0.15, 0.2) is 29.3 Å². The van der Waals surface area contributed by atoms with Crippen molar-refractivity contribution in [1.82, 2.24) is 19.5 Å². The molecule has 3 aromatic rings. The van der Waals surface area contributed by atoms with E-state index in [1.807, 2.05) is 0 Å². The fourth-order valence-electron chi connectivity index (χ4n) is 5.65. The number of carbonyl (C=O) groups is 2. The minimum Gasteiger partial charge on any atom is -0.387 e. The third kappa shape index (κ3) is 3.78. The Morgan fingerprint density at radius 2 is 1.89 bits per heavy atom. The molecule has 2 unspecified atom stereocenters. The van der Waals surface area contributed by atoms with Gasteiger partial charge in [0.15, 0.2) is 15.5 Å². The molecule has 2 saturated heterocycles. The van der Waals surface area contributed by atoms with Gasteiger partial charge in [0.1, 0.15) is 23.1 Å². The van der Waals surface area contributed by atoms with Crippen molar-refractivity contribution in [2.75, 3.05) is 18.6 Å². The number of primary amides is 1. The van der Waals surface area contributed by atoms with Gasteiger partial charge in [0, 0.05) is 29.8 Å². The predicted molar refractivity (Wildman–Crippen MR) is 127 cm³/mol. The average Bonchev–Trinajstić information content (AvgIpc) is 3.35. The Hall–Kier alpha value is -3.58. The number of rotatable bonds is 5. The van der Waals surface area contributed by atoms with Crippen LogP contribution < -0.4 is 11.5 Å². The minimum atomic E-state index is -3.81. The Bertz CT molecular complexity index is 1510. The number of aliphatic hydroxyl groups is 1. The summed E-state index contributed by atoms with van der Waals surface area (Å²) in [5.74, 6) is -2.47. The van der Waals surface area contributed by atoms with E-state index in [-0.39, 0.29) is 51.5 Å². The van der Waals surface area contributed by atoms with Crippen molar-refractivity contribution < 1.29 is 27.5 Å². The molecule has 2 atom stereocenters. The molecule has 2 aromatic heterocycles. The molecule has 13 heteroatoms. The monoisotopic (exact) mass is 516 g/mol. The smallest absolute Gasteiger partial charge is 0.251 e. The second-order valence-electron chi connectivity index (χ2n) is 9.35. The van der Waals surface area contributed by atoms with E-state index in [0.717, 1.165) is 25.2 Å². The van der Waals surface area contributed by atoms with Crippen LogP contribution in [0.25, 0.3) is 16.8 Å². The van der Waals surface area contributed by atoms with Crippen molar-refractivity contribution in [2.24, 2.45) is 5.73 Å². The number of carbonyl (C=O) groups excluding carboxylic acids is 2. The highest BCUT2D eigenvalue weighted by Gasteiger charge is 2.45. The van der Waals surface area contributed by atoms with Crippen molar-refractivity contribution in [3.63, 3.8) is 0 Å². The lowest BCUT2D eigenvalue weighted by atomic mass is 9.87. The van der Waals surface area contributed by atoms with E-state index in [1.165, 1.54) is 22.8 Å². The summed E-state index contributed by atoms with van der Waals surface area (Å²) in [7, 11) is -3.81. The maximum atomic E-state index is 14.5. The van der Waals surface area contributed by atoms with Gasteiger partial charge >= 0.3 is 0 Å². The summed E-state index contributed by atoms with van der Waals surface area (Å²) in [6.07, 6.45) is 4.90. The highest BCUT2D eigenvalue weighted by molar-refractivity contribution is 7.91. The molecular weight excluding hydrogens is 491 g/mol. The molecule has 4 heterocycles. The fraction of sp³-hybridized carbons (Fsp3) is 0.391. The number of nitrogens with zero attached hydrogens (tertiary/aromatic N) is 4. The van der Waals surface area contributed by atoms with Crippen molar-refractivity contribution >= 4 is 33.1 Å². The van der Waals surface area contributed by atoms with Crippen LogP contribution in [0.2, 0.25) is 0 Å². The van der Waals surface area contributed by atoms with Crippen molar-refractivity contribution in [1.29, 1.82) is 0 Å². The zero-order valence-electron chi connectivity index (χ0n) is 19.4. The topological polar surface area (TPSA) is 174 Å². The molecule has 2 bridgehead atoms. The third-order valence-corrected chi connectivity index (χ3v) is 8.28. The molecule has 0 saturated carbocycles. The molecule has 36 heavy (non-hydrogen) atoms. The number of benzene rings is 1. The number of sulfone groups is 1. The van der Waals surface area contributed by atoms with E-state index in [2.05, 4.69) is 5.10 Å². The Morgan fingerprint density at radius 3 is 2.44 bits per heavy atom. The number of aliphatic hydroxyl groups excluding tert-OH is 1. The minimum absolute atomic E-state index is 0.112. The SMILES string of the molecule is CS(=O)(=O)c1c(C2CC3CCC(C2)N3C(=O)CO)nc2c(-c3ccc(C(N)=O)c(F)c3)cnn2c1N. The number of aromatic nitrogens is 3. The Labute approximate surface area is 205 Å². The average molecular weight is 517 g/mol. The van der Waals surface area contributed by atoms with Gasteiger partial charge in [0.05, 0.1) is 17.5 Å². The first kappa shape index (κ1) is 24.1. The summed E-state index contributed by atoms with van der Waals surface area (Å²) in [4.78, 5) is 30.0. The molecule has 0 spiro atoms. The van der Waals surface area contributed by atoms with Gasteiger partial charge in [-0.2, -0.15) is 9.61 Å². The summed E-state index contributed by atoms with van der Waals surface area (Å²) in [5, 5.41) is 13.6. The first-order valence-electron chi connectivity index (χ1n) is 11.4. The van der Waals surface area contributed by atoms with Gasteiger partial charge in [-0.05, 0) is 43.4 Å². The van der Waals surface area contributed by atoms with Crippen molar-refractivity contribution in [3.05, 3.63) is 41.5 Å². The van der Waals surface area contributed by atoms with Crippen LogP contribution in [0.5, 0.6) is 0 Å². The molecule has 190 valence electrons. The first-order valence-corrected chi connectivity index (χ1v) is 13.3. The van der Waals surface area contributed by atoms with Crippen LogP contribution in [0.4, 0.5) is 10.2 Å². The van der Waals surface area contributed by atoms with Crippen LogP contribution in [0.1, 0.15) is 47.7 Å². The fourth-order valence-corrected chi connectivity index (χ4v) is 6.71. The summed E-state index contributed by atoms with van der Waals surface area (Å²) < 4.78 is 41.3. The lowest BCUT2D eigenvalue weighted by Gasteiger charge is -2.39. The molecule has 5 N–H and O–H groups in total. The molecule has 5 rings (SSSR count). The number of amides is 2. The zero-order chi connectivity index (χ0) is 25.9. The van der Waals surface area contributed by atoms with Gasteiger partial charge in [-0.1, -0.05) is 6.07 Å². The summed E-state index contributed by atoms with van der Waals surface area (Å²) in [6, 6.07) is 3.62. The number of hydrogen-bond acceptors (Lipinski definition) is 8. The molecular formula is C23H25FN6O5S. The van der Waals surface area contributed by atoms with Crippen molar-refractivity contribution in [2.45, 2.75) is 48.6 Å². The molecule has 2 fully saturated rings. The Kier molecular flexibility index (Phi) is 5.71. The maximum Gasteiger partial charge on any atom is 0.251 e.